The second-order valence-corrected chi connectivity index (χ2v) is 7.20. The van der Waals surface area contributed by atoms with Gasteiger partial charge in [-0.15, -0.1) is 11.3 Å². The Bertz CT molecular complexity index is 1110. The van der Waals surface area contributed by atoms with Crippen LogP contribution in [0.4, 0.5) is 4.39 Å². The molecule has 5 heteroatoms. The second kappa shape index (κ2) is 6.01. The summed E-state index contributed by atoms with van der Waals surface area (Å²) >= 11 is 1.36. The van der Waals surface area contributed by atoms with Gasteiger partial charge in [0.15, 0.2) is 11.6 Å². The van der Waals surface area contributed by atoms with Gasteiger partial charge in [-0.05, 0) is 82.1 Å². The summed E-state index contributed by atoms with van der Waals surface area (Å²) in [4.78, 5) is 0.592. The number of benzene rings is 2. The van der Waals surface area contributed by atoms with Crippen molar-refractivity contribution in [2.24, 2.45) is 0 Å². The summed E-state index contributed by atoms with van der Waals surface area (Å²) in [5.74, 6) is -1.21. The minimum absolute atomic E-state index is 0.159. The van der Waals surface area contributed by atoms with E-state index >= 15 is 0 Å². The lowest BCUT2D eigenvalue weighted by Crippen LogP contribution is -2.02. The molecule has 26 heavy (non-hydrogen) atoms. The van der Waals surface area contributed by atoms with Gasteiger partial charge in [-0.25, -0.2) is 4.39 Å². The standard InChI is InChI=1S/C21H14FNO2S/c1-11-6-13(24)8-17-15(11)9-16(12-2-3-19(25)18(22)7-12)21(17)14-4-5-26-20(14)10-23/h2-9,21,24-25H,1H3. The summed E-state index contributed by atoms with van der Waals surface area (Å²) < 4.78 is 14.0. The van der Waals surface area contributed by atoms with Crippen LogP contribution in [0.15, 0.2) is 41.8 Å². The molecular formula is C21H14FNO2S. The Morgan fingerprint density at radius 3 is 2.65 bits per heavy atom. The van der Waals surface area contributed by atoms with Crippen molar-refractivity contribution in [2.75, 3.05) is 0 Å². The number of fused-ring (bicyclic) bond motifs is 1. The first-order chi connectivity index (χ1) is 12.5. The zero-order valence-electron chi connectivity index (χ0n) is 13.8. The van der Waals surface area contributed by atoms with Crippen molar-refractivity contribution in [3.8, 4) is 17.6 Å². The molecule has 1 unspecified atom stereocenters. The predicted molar refractivity (Wildman–Crippen MR) is 99.7 cm³/mol. The molecule has 0 saturated heterocycles. The monoisotopic (exact) mass is 363 g/mol. The van der Waals surface area contributed by atoms with Crippen LogP contribution < -0.4 is 0 Å². The van der Waals surface area contributed by atoms with Gasteiger partial charge < -0.3 is 10.2 Å². The molecule has 2 N–H and O–H groups in total. The van der Waals surface area contributed by atoms with E-state index in [0.29, 0.717) is 10.4 Å². The van der Waals surface area contributed by atoms with Crippen molar-refractivity contribution >= 4 is 23.0 Å². The number of nitrogens with zero attached hydrogens (tertiary/aromatic N) is 1. The Morgan fingerprint density at radius 1 is 1.12 bits per heavy atom. The van der Waals surface area contributed by atoms with Crippen LogP contribution >= 0.6 is 11.3 Å². The number of hydrogen-bond donors (Lipinski definition) is 2. The summed E-state index contributed by atoms with van der Waals surface area (Å²) in [7, 11) is 0. The molecule has 1 aliphatic rings. The molecule has 0 bridgehead atoms. The van der Waals surface area contributed by atoms with Gasteiger partial charge in [0.05, 0.1) is 0 Å². The SMILES string of the molecule is Cc1cc(O)cc2c1C=C(c1ccc(O)c(F)c1)C2c1ccsc1C#N. The summed E-state index contributed by atoms with van der Waals surface area (Å²) in [6, 6.07) is 11.8. The molecule has 128 valence electrons. The second-order valence-electron chi connectivity index (χ2n) is 6.28. The Morgan fingerprint density at radius 2 is 1.92 bits per heavy atom. The highest BCUT2D eigenvalue weighted by Crippen LogP contribution is 2.49. The van der Waals surface area contributed by atoms with Crippen LogP contribution in [0.2, 0.25) is 0 Å². The largest absolute Gasteiger partial charge is 0.508 e. The van der Waals surface area contributed by atoms with Crippen molar-refractivity contribution < 1.29 is 14.6 Å². The van der Waals surface area contributed by atoms with Crippen molar-refractivity contribution in [1.82, 2.24) is 0 Å². The molecule has 1 aromatic heterocycles. The lowest BCUT2D eigenvalue weighted by Gasteiger charge is -2.18. The van der Waals surface area contributed by atoms with Gasteiger partial charge in [0.1, 0.15) is 16.7 Å². The van der Waals surface area contributed by atoms with Gasteiger partial charge in [-0.3, -0.25) is 0 Å². The molecule has 0 fully saturated rings. The zero-order valence-corrected chi connectivity index (χ0v) is 14.6. The molecule has 0 saturated carbocycles. The van der Waals surface area contributed by atoms with Gasteiger partial charge in [0, 0.05) is 5.92 Å². The van der Waals surface area contributed by atoms with E-state index in [1.807, 2.05) is 24.4 Å². The molecule has 0 radical (unpaired) electrons. The fourth-order valence-corrected chi connectivity index (χ4v) is 4.28. The average Bonchev–Trinajstić information content (AvgIpc) is 3.21. The van der Waals surface area contributed by atoms with Crippen molar-refractivity contribution in [1.29, 1.82) is 5.26 Å². The third kappa shape index (κ3) is 2.47. The summed E-state index contributed by atoms with van der Waals surface area (Å²) in [6.45, 7) is 1.91. The summed E-state index contributed by atoms with van der Waals surface area (Å²) in [5, 5.41) is 30.9. The van der Waals surface area contributed by atoms with Crippen LogP contribution in [-0.4, -0.2) is 10.2 Å². The van der Waals surface area contributed by atoms with Crippen LogP contribution in [0.5, 0.6) is 11.5 Å². The molecule has 1 heterocycles. The predicted octanol–water partition coefficient (Wildman–Crippen LogP) is 5.16. The van der Waals surface area contributed by atoms with E-state index in [1.54, 1.807) is 18.2 Å². The van der Waals surface area contributed by atoms with Crippen LogP contribution in [-0.2, 0) is 0 Å². The quantitative estimate of drug-likeness (QED) is 0.661. The smallest absolute Gasteiger partial charge is 0.165 e. The number of aromatic hydroxyl groups is 2. The summed E-state index contributed by atoms with van der Waals surface area (Å²) in [6.07, 6.45) is 1.97. The maximum atomic E-state index is 14.0. The van der Waals surface area contributed by atoms with E-state index in [0.717, 1.165) is 27.8 Å². The number of phenols is 2. The number of aryl methyl sites for hydroxylation is 1. The zero-order chi connectivity index (χ0) is 18.4. The van der Waals surface area contributed by atoms with Crippen molar-refractivity contribution in [2.45, 2.75) is 12.8 Å². The fourth-order valence-electron chi connectivity index (χ4n) is 3.56. The van der Waals surface area contributed by atoms with E-state index in [2.05, 4.69) is 6.07 Å². The molecule has 3 nitrogen and oxygen atoms in total. The highest BCUT2D eigenvalue weighted by Gasteiger charge is 2.31. The van der Waals surface area contributed by atoms with Gasteiger partial charge in [-0.2, -0.15) is 5.26 Å². The number of allylic oxidation sites excluding steroid dienone is 1. The first-order valence-corrected chi connectivity index (χ1v) is 8.89. The van der Waals surface area contributed by atoms with E-state index in [1.165, 1.54) is 23.5 Å². The third-order valence-corrected chi connectivity index (χ3v) is 5.55. The topological polar surface area (TPSA) is 64.2 Å². The molecule has 3 aromatic rings. The van der Waals surface area contributed by atoms with E-state index in [-0.39, 0.29) is 11.7 Å². The average molecular weight is 363 g/mol. The number of halogens is 1. The number of thiophene rings is 1. The Balaban J connectivity index is 1.97. The maximum Gasteiger partial charge on any atom is 0.165 e. The minimum Gasteiger partial charge on any atom is -0.508 e. The first-order valence-electron chi connectivity index (χ1n) is 8.01. The van der Waals surface area contributed by atoms with E-state index in [4.69, 9.17) is 0 Å². The van der Waals surface area contributed by atoms with Crippen LogP contribution in [0.25, 0.3) is 11.6 Å². The van der Waals surface area contributed by atoms with Gasteiger partial charge in [0.25, 0.3) is 0 Å². The Labute approximate surface area is 153 Å². The maximum absolute atomic E-state index is 14.0. The van der Waals surface area contributed by atoms with E-state index < -0.39 is 11.6 Å². The molecule has 4 rings (SSSR count). The molecule has 2 aromatic carbocycles. The number of nitriles is 1. The van der Waals surface area contributed by atoms with Gasteiger partial charge in [0.2, 0.25) is 0 Å². The number of rotatable bonds is 2. The molecule has 1 aliphatic carbocycles. The summed E-state index contributed by atoms with van der Waals surface area (Å²) in [5.41, 5.74) is 5.07. The van der Waals surface area contributed by atoms with Crippen molar-refractivity contribution in [3.63, 3.8) is 0 Å². The van der Waals surface area contributed by atoms with Gasteiger partial charge in [-0.1, -0.05) is 6.07 Å². The first kappa shape index (κ1) is 16.4. The van der Waals surface area contributed by atoms with Crippen LogP contribution in [0, 0.1) is 24.1 Å². The Hall–Kier alpha value is -3.10. The molecular weight excluding hydrogens is 349 g/mol. The Kier molecular flexibility index (Phi) is 3.78. The molecule has 0 amide bonds. The van der Waals surface area contributed by atoms with Gasteiger partial charge >= 0.3 is 0 Å². The third-order valence-electron chi connectivity index (χ3n) is 4.71. The molecule has 0 aliphatic heterocycles. The van der Waals surface area contributed by atoms with Crippen LogP contribution in [0.1, 0.15) is 38.6 Å². The molecule has 1 atom stereocenters. The number of hydrogen-bond acceptors (Lipinski definition) is 4. The highest BCUT2D eigenvalue weighted by molar-refractivity contribution is 7.10. The minimum atomic E-state index is -0.691. The highest BCUT2D eigenvalue weighted by atomic mass is 32.1. The van der Waals surface area contributed by atoms with E-state index in [9.17, 15) is 19.9 Å². The van der Waals surface area contributed by atoms with Crippen LogP contribution in [0.3, 0.4) is 0 Å². The lowest BCUT2D eigenvalue weighted by atomic mass is 9.85. The number of phenolic OH excluding ortho intramolecular Hbond substituents is 2. The molecule has 0 spiro atoms. The normalized spacial score (nSPS) is 15.4. The lowest BCUT2D eigenvalue weighted by molar-refractivity contribution is 0.432. The van der Waals surface area contributed by atoms with Crippen molar-refractivity contribution in [3.05, 3.63) is 80.3 Å². The fraction of sp³-hybridized carbons (Fsp3) is 0.0952.